The Morgan fingerprint density at radius 1 is 1.22 bits per heavy atom. The molecule has 1 aromatic heterocycles. The van der Waals surface area contributed by atoms with E-state index in [1.807, 2.05) is 0 Å². The van der Waals surface area contributed by atoms with Crippen LogP contribution in [0, 0.1) is 11.6 Å². The molecule has 0 fully saturated rings. The zero-order valence-electron chi connectivity index (χ0n) is 9.31. The minimum absolute atomic E-state index is 0.112. The summed E-state index contributed by atoms with van der Waals surface area (Å²) in [6.07, 6.45) is 0. The molecule has 0 spiro atoms. The fourth-order valence-corrected chi connectivity index (χ4v) is 1.50. The average Bonchev–Trinajstić information content (AvgIpc) is 2.35. The number of hydrogen-bond donors (Lipinski definition) is 1. The van der Waals surface area contributed by atoms with E-state index < -0.39 is 17.2 Å². The lowest BCUT2D eigenvalue weighted by molar-refractivity contribution is 0.272. The Labute approximate surface area is 101 Å². The van der Waals surface area contributed by atoms with Crippen LogP contribution in [0.25, 0.3) is 0 Å². The van der Waals surface area contributed by atoms with Crippen molar-refractivity contribution in [3.8, 4) is 0 Å². The fourth-order valence-electron chi connectivity index (χ4n) is 1.50. The Kier molecular flexibility index (Phi) is 3.47. The van der Waals surface area contributed by atoms with E-state index in [9.17, 15) is 13.6 Å². The van der Waals surface area contributed by atoms with Crippen LogP contribution in [0.15, 0.2) is 35.1 Å². The molecular formula is C12H10F2N2O2. The summed E-state index contributed by atoms with van der Waals surface area (Å²) in [6.45, 7) is -0.426. The third kappa shape index (κ3) is 2.60. The lowest BCUT2D eigenvalue weighted by Gasteiger charge is -2.07. The summed E-state index contributed by atoms with van der Waals surface area (Å²) in [5, 5.41) is 12.8. The largest absolute Gasteiger partial charge is 0.390 e. The molecule has 6 heteroatoms. The predicted molar refractivity (Wildman–Crippen MR) is 59.9 cm³/mol. The van der Waals surface area contributed by atoms with E-state index in [1.165, 1.54) is 18.2 Å². The summed E-state index contributed by atoms with van der Waals surface area (Å²) < 4.78 is 27.2. The molecule has 0 radical (unpaired) electrons. The molecule has 0 aliphatic rings. The van der Waals surface area contributed by atoms with Crippen molar-refractivity contribution in [3.05, 3.63) is 63.6 Å². The van der Waals surface area contributed by atoms with Crippen molar-refractivity contribution in [3.63, 3.8) is 0 Å². The molecule has 2 rings (SSSR count). The van der Waals surface area contributed by atoms with Gasteiger partial charge >= 0.3 is 0 Å². The third-order valence-electron chi connectivity index (χ3n) is 2.42. The first kappa shape index (κ1) is 12.4. The van der Waals surface area contributed by atoms with Crippen molar-refractivity contribution in [2.75, 3.05) is 0 Å². The molecule has 2 aromatic rings. The normalized spacial score (nSPS) is 10.6. The number of aromatic nitrogens is 2. The van der Waals surface area contributed by atoms with Crippen LogP contribution in [0.2, 0.25) is 0 Å². The van der Waals surface area contributed by atoms with Crippen LogP contribution in [-0.2, 0) is 13.2 Å². The maximum absolute atomic E-state index is 13.4. The van der Waals surface area contributed by atoms with Crippen LogP contribution < -0.4 is 5.56 Å². The molecule has 0 atom stereocenters. The third-order valence-corrected chi connectivity index (χ3v) is 2.42. The SMILES string of the molecule is O=c1ccc(CO)nn1Cc1ccc(F)cc1F. The van der Waals surface area contributed by atoms with Gasteiger partial charge in [-0.05, 0) is 12.1 Å². The zero-order valence-corrected chi connectivity index (χ0v) is 9.31. The number of halogens is 2. The van der Waals surface area contributed by atoms with Gasteiger partial charge in [-0.2, -0.15) is 5.10 Å². The molecule has 1 N–H and O–H groups in total. The van der Waals surface area contributed by atoms with Crippen molar-refractivity contribution >= 4 is 0 Å². The lowest BCUT2D eigenvalue weighted by Crippen LogP contribution is -2.24. The van der Waals surface area contributed by atoms with Gasteiger partial charge in [0.1, 0.15) is 11.6 Å². The molecule has 94 valence electrons. The van der Waals surface area contributed by atoms with Crippen LogP contribution in [0.3, 0.4) is 0 Å². The first-order chi connectivity index (χ1) is 8.60. The number of aliphatic hydroxyl groups is 1. The average molecular weight is 252 g/mol. The van der Waals surface area contributed by atoms with E-state index in [2.05, 4.69) is 5.10 Å². The van der Waals surface area contributed by atoms with E-state index in [4.69, 9.17) is 5.11 Å². The molecule has 1 aromatic carbocycles. The highest BCUT2D eigenvalue weighted by Gasteiger charge is 2.07. The first-order valence-corrected chi connectivity index (χ1v) is 5.22. The molecule has 0 aliphatic heterocycles. The molecule has 0 bridgehead atoms. The monoisotopic (exact) mass is 252 g/mol. The Balaban J connectivity index is 2.36. The standard InChI is InChI=1S/C12H10F2N2O2/c13-9-2-1-8(11(14)5-9)6-16-12(18)4-3-10(7-17)15-16/h1-5,17H,6-7H2. The van der Waals surface area contributed by atoms with Gasteiger partial charge in [-0.25, -0.2) is 13.5 Å². The molecule has 4 nitrogen and oxygen atoms in total. The van der Waals surface area contributed by atoms with Gasteiger partial charge in [-0.1, -0.05) is 6.07 Å². The van der Waals surface area contributed by atoms with Crippen molar-refractivity contribution < 1.29 is 13.9 Å². The van der Waals surface area contributed by atoms with E-state index in [1.54, 1.807) is 0 Å². The van der Waals surface area contributed by atoms with Crippen molar-refractivity contribution in [2.45, 2.75) is 13.2 Å². The van der Waals surface area contributed by atoms with E-state index in [-0.39, 0.29) is 18.7 Å². The summed E-state index contributed by atoms with van der Waals surface area (Å²) in [5.74, 6) is -1.42. The fraction of sp³-hybridized carbons (Fsp3) is 0.167. The maximum Gasteiger partial charge on any atom is 0.267 e. The predicted octanol–water partition coefficient (Wildman–Crippen LogP) is 1.06. The highest BCUT2D eigenvalue weighted by molar-refractivity contribution is 5.18. The minimum atomic E-state index is -0.738. The summed E-state index contributed by atoms with van der Waals surface area (Å²) in [7, 11) is 0. The van der Waals surface area contributed by atoms with Crippen LogP contribution >= 0.6 is 0 Å². The molecule has 0 amide bonds. The molecular weight excluding hydrogens is 242 g/mol. The zero-order chi connectivity index (χ0) is 13.1. The van der Waals surface area contributed by atoms with E-state index in [0.29, 0.717) is 5.69 Å². The second-order valence-electron chi connectivity index (χ2n) is 3.71. The Hall–Kier alpha value is -2.08. The van der Waals surface area contributed by atoms with Crippen molar-refractivity contribution in [1.29, 1.82) is 0 Å². The number of nitrogens with zero attached hydrogens (tertiary/aromatic N) is 2. The van der Waals surface area contributed by atoms with Gasteiger partial charge in [0.2, 0.25) is 0 Å². The van der Waals surface area contributed by atoms with Crippen LogP contribution in [0.5, 0.6) is 0 Å². The van der Waals surface area contributed by atoms with E-state index in [0.717, 1.165) is 16.8 Å². The quantitative estimate of drug-likeness (QED) is 0.888. The number of rotatable bonds is 3. The van der Waals surface area contributed by atoms with Crippen molar-refractivity contribution in [2.24, 2.45) is 0 Å². The van der Waals surface area contributed by atoms with Gasteiger partial charge in [-0.3, -0.25) is 4.79 Å². The van der Waals surface area contributed by atoms with Gasteiger partial charge in [0.05, 0.1) is 18.8 Å². The topological polar surface area (TPSA) is 55.1 Å². The first-order valence-electron chi connectivity index (χ1n) is 5.22. The number of benzene rings is 1. The maximum atomic E-state index is 13.4. The summed E-state index contributed by atoms with van der Waals surface area (Å²) in [6, 6.07) is 5.74. The van der Waals surface area contributed by atoms with Gasteiger partial charge in [-0.15, -0.1) is 0 Å². The Bertz CT molecular complexity index is 626. The smallest absolute Gasteiger partial charge is 0.267 e. The van der Waals surface area contributed by atoms with Gasteiger partial charge in [0.25, 0.3) is 5.56 Å². The number of aliphatic hydroxyl groups excluding tert-OH is 1. The Morgan fingerprint density at radius 2 is 2.00 bits per heavy atom. The lowest BCUT2D eigenvalue weighted by atomic mass is 10.2. The minimum Gasteiger partial charge on any atom is -0.390 e. The molecule has 0 aliphatic carbocycles. The van der Waals surface area contributed by atoms with Crippen LogP contribution in [-0.4, -0.2) is 14.9 Å². The second-order valence-corrected chi connectivity index (χ2v) is 3.71. The Morgan fingerprint density at radius 3 is 2.67 bits per heavy atom. The summed E-state index contributed by atoms with van der Waals surface area (Å²) in [5.41, 5.74) is 0.0362. The highest BCUT2D eigenvalue weighted by atomic mass is 19.1. The van der Waals surface area contributed by atoms with Crippen molar-refractivity contribution in [1.82, 2.24) is 9.78 Å². The second kappa shape index (κ2) is 5.05. The number of hydrogen-bond acceptors (Lipinski definition) is 3. The van der Waals surface area contributed by atoms with Gasteiger partial charge < -0.3 is 5.11 Å². The molecule has 18 heavy (non-hydrogen) atoms. The van der Waals surface area contributed by atoms with Gasteiger partial charge in [0, 0.05) is 17.7 Å². The molecule has 0 saturated carbocycles. The molecule has 0 saturated heterocycles. The molecule has 1 heterocycles. The summed E-state index contributed by atoms with van der Waals surface area (Å²) >= 11 is 0. The van der Waals surface area contributed by atoms with Crippen LogP contribution in [0.4, 0.5) is 8.78 Å². The highest BCUT2D eigenvalue weighted by Crippen LogP contribution is 2.10. The van der Waals surface area contributed by atoms with Gasteiger partial charge in [0.15, 0.2) is 0 Å². The van der Waals surface area contributed by atoms with Crippen LogP contribution in [0.1, 0.15) is 11.3 Å². The summed E-state index contributed by atoms with van der Waals surface area (Å²) in [4.78, 5) is 11.5. The molecule has 0 unspecified atom stereocenters. The van der Waals surface area contributed by atoms with E-state index >= 15 is 0 Å².